The Balaban J connectivity index is 2.07. The van der Waals surface area contributed by atoms with Crippen LogP contribution in [0, 0.1) is 6.92 Å². The lowest BCUT2D eigenvalue weighted by atomic mass is 9.95. The van der Waals surface area contributed by atoms with E-state index in [1.165, 1.54) is 4.90 Å². The number of amides is 1. The number of aliphatic hydroxyl groups is 1. The Hall–Kier alpha value is -3.19. The number of aromatic nitrogens is 1. The molecule has 1 N–H and O–H groups in total. The first-order valence-electron chi connectivity index (χ1n) is 10.3. The van der Waals surface area contributed by atoms with E-state index in [-0.39, 0.29) is 17.4 Å². The van der Waals surface area contributed by atoms with Crippen LogP contribution in [0.3, 0.4) is 0 Å². The third kappa shape index (κ3) is 4.77. The highest BCUT2D eigenvalue weighted by molar-refractivity contribution is 6.46. The third-order valence-electron chi connectivity index (χ3n) is 5.12. The zero-order valence-corrected chi connectivity index (χ0v) is 18.3. The zero-order chi connectivity index (χ0) is 22.5. The Morgan fingerprint density at radius 2 is 1.90 bits per heavy atom. The van der Waals surface area contributed by atoms with Gasteiger partial charge >= 0.3 is 0 Å². The molecular weight excluding hydrogens is 396 g/mol. The lowest BCUT2D eigenvalue weighted by Crippen LogP contribution is -2.31. The first-order valence-corrected chi connectivity index (χ1v) is 10.3. The van der Waals surface area contributed by atoms with Gasteiger partial charge in [-0.2, -0.15) is 0 Å². The molecule has 3 rings (SSSR count). The Morgan fingerprint density at radius 1 is 1.19 bits per heavy atom. The molecule has 0 saturated carbocycles. The van der Waals surface area contributed by atoms with Crippen LogP contribution in [0.5, 0.6) is 5.75 Å². The second-order valence-electron chi connectivity index (χ2n) is 7.77. The van der Waals surface area contributed by atoms with Crippen molar-refractivity contribution in [3.63, 3.8) is 0 Å². The van der Waals surface area contributed by atoms with Gasteiger partial charge in [0.2, 0.25) is 0 Å². The highest BCUT2D eigenvalue weighted by Gasteiger charge is 2.45. The van der Waals surface area contributed by atoms with Gasteiger partial charge in [0.1, 0.15) is 11.5 Å². The summed E-state index contributed by atoms with van der Waals surface area (Å²) in [5.41, 5.74) is 2.07. The number of Topliss-reactive ketones (excluding diaryl/α,β-unsaturated/α-hetero) is 1. The maximum atomic E-state index is 13.0. The highest BCUT2D eigenvalue weighted by atomic mass is 16.5. The van der Waals surface area contributed by atoms with Crippen molar-refractivity contribution in [1.82, 2.24) is 9.88 Å². The Bertz CT molecular complexity index is 985. The molecule has 2 heterocycles. The van der Waals surface area contributed by atoms with Gasteiger partial charge in [0.15, 0.2) is 0 Å². The number of ether oxygens (including phenoxy) is 2. The standard InChI is InChI=1S/C24H28N2O5/c1-15(2)31-19-7-6-18(14-16(19)3)22(27)20-21(17-8-10-25-11-9-17)26(12-5-13-30-4)24(29)23(20)28/h6-11,14-15,21,27H,5,12-13H2,1-4H3/b22-20+/t21-/m1/s1. The molecule has 0 bridgehead atoms. The van der Waals surface area contributed by atoms with E-state index in [0.29, 0.717) is 36.4 Å². The van der Waals surface area contributed by atoms with Crippen LogP contribution in [0.2, 0.25) is 0 Å². The number of hydrogen-bond acceptors (Lipinski definition) is 6. The maximum absolute atomic E-state index is 13.0. The predicted molar refractivity (Wildman–Crippen MR) is 117 cm³/mol. The number of benzene rings is 1. The van der Waals surface area contributed by atoms with Gasteiger partial charge in [0.05, 0.1) is 17.7 Å². The minimum absolute atomic E-state index is 0.0160. The van der Waals surface area contributed by atoms with Gasteiger partial charge in [-0.1, -0.05) is 0 Å². The Labute approximate surface area is 182 Å². The van der Waals surface area contributed by atoms with Crippen LogP contribution in [0.4, 0.5) is 0 Å². The first-order chi connectivity index (χ1) is 14.8. The number of likely N-dealkylation sites (tertiary alicyclic amines) is 1. The molecule has 31 heavy (non-hydrogen) atoms. The lowest BCUT2D eigenvalue weighted by molar-refractivity contribution is -0.140. The topological polar surface area (TPSA) is 89.0 Å². The van der Waals surface area contributed by atoms with Crippen LogP contribution in [-0.4, -0.2) is 53.0 Å². The molecule has 7 heteroatoms. The number of carbonyl (C=O) groups is 2. The molecule has 0 aliphatic carbocycles. The van der Waals surface area contributed by atoms with Gasteiger partial charge in [-0.3, -0.25) is 14.6 Å². The van der Waals surface area contributed by atoms with Crippen molar-refractivity contribution < 1.29 is 24.2 Å². The van der Waals surface area contributed by atoms with Crippen molar-refractivity contribution in [3.05, 3.63) is 65.0 Å². The van der Waals surface area contributed by atoms with Gasteiger partial charge < -0.3 is 19.5 Å². The number of ketones is 1. The monoisotopic (exact) mass is 424 g/mol. The lowest BCUT2D eigenvalue weighted by Gasteiger charge is -2.25. The van der Waals surface area contributed by atoms with Gasteiger partial charge in [0.25, 0.3) is 11.7 Å². The molecule has 1 aliphatic heterocycles. The molecule has 1 fully saturated rings. The van der Waals surface area contributed by atoms with Crippen LogP contribution < -0.4 is 4.74 Å². The molecule has 2 aromatic rings. The third-order valence-corrected chi connectivity index (χ3v) is 5.12. The van der Waals surface area contributed by atoms with Crippen molar-refractivity contribution in [2.75, 3.05) is 20.3 Å². The van der Waals surface area contributed by atoms with E-state index in [4.69, 9.17) is 9.47 Å². The molecular formula is C24H28N2O5. The molecule has 1 amide bonds. The minimum atomic E-state index is -0.697. The highest BCUT2D eigenvalue weighted by Crippen LogP contribution is 2.39. The van der Waals surface area contributed by atoms with Crippen molar-refractivity contribution >= 4 is 17.4 Å². The SMILES string of the molecule is COCCCN1C(=O)C(=O)/C(=C(/O)c2ccc(OC(C)C)c(C)c2)[C@H]1c1ccncc1. The second-order valence-corrected chi connectivity index (χ2v) is 7.77. The molecule has 0 unspecified atom stereocenters. The van der Waals surface area contributed by atoms with Crippen molar-refractivity contribution in [1.29, 1.82) is 0 Å². The van der Waals surface area contributed by atoms with Crippen molar-refractivity contribution in [3.8, 4) is 5.75 Å². The fraction of sp³-hybridized carbons (Fsp3) is 0.375. The quantitative estimate of drug-likeness (QED) is 0.301. The summed E-state index contributed by atoms with van der Waals surface area (Å²) in [5.74, 6) is -0.821. The van der Waals surface area contributed by atoms with E-state index in [1.807, 2.05) is 20.8 Å². The van der Waals surface area contributed by atoms with Crippen LogP contribution >= 0.6 is 0 Å². The molecule has 1 aromatic carbocycles. The predicted octanol–water partition coefficient (Wildman–Crippen LogP) is 3.64. The summed E-state index contributed by atoms with van der Waals surface area (Å²) in [6, 6.07) is 8.03. The summed E-state index contributed by atoms with van der Waals surface area (Å²) < 4.78 is 10.9. The smallest absolute Gasteiger partial charge is 0.295 e. The van der Waals surface area contributed by atoms with Crippen LogP contribution in [-0.2, 0) is 14.3 Å². The number of pyridine rings is 1. The molecule has 1 aliphatic rings. The zero-order valence-electron chi connectivity index (χ0n) is 18.3. The molecule has 0 spiro atoms. The van der Waals surface area contributed by atoms with E-state index in [1.54, 1.807) is 49.8 Å². The fourth-order valence-electron chi connectivity index (χ4n) is 3.72. The molecule has 7 nitrogen and oxygen atoms in total. The van der Waals surface area contributed by atoms with Crippen LogP contribution in [0.15, 0.2) is 48.3 Å². The van der Waals surface area contributed by atoms with Crippen molar-refractivity contribution in [2.45, 2.75) is 39.3 Å². The number of methoxy groups -OCH3 is 1. The average Bonchev–Trinajstić information content (AvgIpc) is 3.00. The van der Waals surface area contributed by atoms with E-state index < -0.39 is 17.7 Å². The number of rotatable bonds is 8. The summed E-state index contributed by atoms with van der Waals surface area (Å²) in [6.07, 6.45) is 3.80. The summed E-state index contributed by atoms with van der Waals surface area (Å²) in [5, 5.41) is 11.1. The average molecular weight is 424 g/mol. The van der Waals surface area contributed by atoms with E-state index in [2.05, 4.69) is 4.98 Å². The first kappa shape index (κ1) is 22.5. The summed E-state index contributed by atoms with van der Waals surface area (Å²) in [7, 11) is 1.59. The van der Waals surface area contributed by atoms with Gasteiger partial charge in [-0.25, -0.2) is 0 Å². The Kier molecular flexibility index (Phi) is 7.07. The number of aliphatic hydroxyl groups excluding tert-OH is 1. The largest absolute Gasteiger partial charge is 0.507 e. The van der Waals surface area contributed by atoms with Crippen LogP contribution in [0.25, 0.3) is 5.76 Å². The minimum Gasteiger partial charge on any atom is -0.507 e. The molecule has 1 atom stereocenters. The van der Waals surface area contributed by atoms with Crippen LogP contribution in [0.1, 0.15) is 43.0 Å². The number of aryl methyl sites for hydroxylation is 1. The number of carbonyl (C=O) groups excluding carboxylic acids is 2. The summed E-state index contributed by atoms with van der Waals surface area (Å²) >= 11 is 0. The molecule has 1 aromatic heterocycles. The van der Waals surface area contributed by atoms with E-state index >= 15 is 0 Å². The normalized spacial score (nSPS) is 18.1. The molecule has 0 radical (unpaired) electrons. The molecule has 1 saturated heterocycles. The number of hydrogen-bond donors (Lipinski definition) is 1. The summed E-state index contributed by atoms with van der Waals surface area (Å²) in [4.78, 5) is 31.3. The van der Waals surface area contributed by atoms with E-state index in [9.17, 15) is 14.7 Å². The molecule has 164 valence electrons. The fourth-order valence-corrected chi connectivity index (χ4v) is 3.72. The van der Waals surface area contributed by atoms with E-state index in [0.717, 1.165) is 5.56 Å². The van der Waals surface area contributed by atoms with Crippen molar-refractivity contribution in [2.24, 2.45) is 0 Å². The maximum Gasteiger partial charge on any atom is 0.295 e. The van der Waals surface area contributed by atoms with Gasteiger partial charge in [0, 0.05) is 38.2 Å². The second kappa shape index (κ2) is 9.75. The van der Waals surface area contributed by atoms with Gasteiger partial charge in [-0.15, -0.1) is 0 Å². The summed E-state index contributed by atoms with van der Waals surface area (Å²) in [6.45, 7) is 6.54. The Morgan fingerprint density at radius 3 is 2.52 bits per heavy atom. The van der Waals surface area contributed by atoms with Gasteiger partial charge in [-0.05, 0) is 68.7 Å². The number of nitrogens with zero attached hydrogens (tertiary/aromatic N) is 2.